The SMILES string of the molecule is CN(C)C(=O)c1cc(N)cc(-c2cc(-c3c(N4CCOCC4)sc4c3CC(C)(C)CC4=O)ccn2)c1. The number of amides is 1. The van der Waals surface area contributed by atoms with Gasteiger partial charge < -0.3 is 20.3 Å². The molecule has 7 nitrogen and oxygen atoms in total. The first kappa shape index (κ1) is 24.5. The zero-order valence-electron chi connectivity index (χ0n) is 21.3. The third kappa shape index (κ3) is 4.63. The fourth-order valence-corrected chi connectivity index (χ4v) is 6.45. The van der Waals surface area contributed by atoms with E-state index >= 15 is 0 Å². The van der Waals surface area contributed by atoms with Gasteiger partial charge in [0.2, 0.25) is 0 Å². The van der Waals surface area contributed by atoms with Crippen molar-refractivity contribution in [1.29, 1.82) is 0 Å². The minimum absolute atomic E-state index is 0.0899. The molecule has 3 aromatic rings. The van der Waals surface area contributed by atoms with Crippen molar-refractivity contribution >= 4 is 33.7 Å². The number of hydrogen-bond acceptors (Lipinski definition) is 7. The van der Waals surface area contributed by atoms with Crippen LogP contribution in [0.1, 0.15) is 45.9 Å². The molecule has 0 atom stereocenters. The van der Waals surface area contributed by atoms with Crippen LogP contribution in [0.4, 0.5) is 10.7 Å². The first-order valence-electron chi connectivity index (χ1n) is 12.2. The Hall–Kier alpha value is -3.23. The molecule has 1 aliphatic heterocycles. The molecule has 1 aromatic carbocycles. The molecule has 2 N–H and O–H groups in total. The smallest absolute Gasteiger partial charge is 0.253 e. The van der Waals surface area contributed by atoms with Crippen LogP contribution in [0.3, 0.4) is 0 Å². The Morgan fingerprint density at radius 3 is 2.58 bits per heavy atom. The minimum atomic E-state index is -0.109. The van der Waals surface area contributed by atoms with E-state index in [1.54, 1.807) is 37.7 Å². The highest BCUT2D eigenvalue weighted by Crippen LogP contribution is 2.49. The van der Waals surface area contributed by atoms with Crippen molar-refractivity contribution < 1.29 is 14.3 Å². The monoisotopic (exact) mass is 504 g/mol. The number of pyridine rings is 1. The van der Waals surface area contributed by atoms with Gasteiger partial charge in [0, 0.05) is 62.2 Å². The number of carbonyl (C=O) groups excluding carboxylic acids is 2. The standard InChI is InChI=1S/C28H32N4O3S/c1-28(2)15-21-24(27(32-7-9-35-10-8-32)36-25(21)23(33)16-28)17-5-6-30-22(14-17)18-11-19(13-20(29)12-18)26(34)31(3)4/h5-6,11-14H,7-10,15-16,29H2,1-4H3. The van der Waals surface area contributed by atoms with Gasteiger partial charge >= 0.3 is 0 Å². The molecule has 0 bridgehead atoms. The summed E-state index contributed by atoms with van der Waals surface area (Å²) in [5.41, 5.74) is 11.9. The van der Waals surface area contributed by atoms with Crippen molar-refractivity contribution in [2.45, 2.75) is 26.7 Å². The van der Waals surface area contributed by atoms with E-state index < -0.39 is 0 Å². The van der Waals surface area contributed by atoms with E-state index in [1.165, 1.54) is 4.90 Å². The maximum atomic E-state index is 13.2. The Balaban J connectivity index is 1.65. The highest BCUT2D eigenvalue weighted by molar-refractivity contribution is 7.19. The zero-order valence-corrected chi connectivity index (χ0v) is 22.1. The summed E-state index contributed by atoms with van der Waals surface area (Å²) in [4.78, 5) is 35.2. The van der Waals surface area contributed by atoms with Crippen molar-refractivity contribution in [2.75, 3.05) is 51.0 Å². The average molecular weight is 505 g/mol. The van der Waals surface area contributed by atoms with Crippen LogP contribution in [0, 0.1) is 5.41 Å². The number of fused-ring (bicyclic) bond motifs is 1. The second-order valence-corrected chi connectivity index (χ2v) is 11.6. The first-order valence-corrected chi connectivity index (χ1v) is 13.1. The largest absolute Gasteiger partial charge is 0.399 e. The van der Waals surface area contributed by atoms with Gasteiger partial charge in [-0.2, -0.15) is 0 Å². The minimum Gasteiger partial charge on any atom is -0.399 e. The third-order valence-corrected chi connectivity index (χ3v) is 8.12. The summed E-state index contributed by atoms with van der Waals surface area (Å²) >= 11 is 1.62. The Morgan fingerprint density at radius 1 is 1.11 bits per heavy atom. The van der Waals surface area contributed by atoms with Crippen molar-refractivity contribution in [2.24, 2.45) is 5.41 Å². The molecule has 1 saturated heterocycles. The lowest BCUT2D eigenvalue weighted by molar-refractivity contribution is 0.0827. The molecule has 5 rings (SSSR count). The van der Waals surface area contributed by atoms with Crippen LogP contribution in [-0.2, 0) is 11.2 Å². The number of morpholine rings is 1. The lowest BCUT2D eigenvalue weighted by Gasteiger charge is -2.30. The van der Waals surface area contributed by atoms with Gasteiger partial charge in [-0.3, -0.25) is 14.6 Å². The van der Waals surface area contributed by atoms with E-state index in [0.717, 1.165) is 57.3 Å². The van der Waals surface area contributed by atoms with Crippen molar-refractivity contribution in [3.63, 3.8) is 0 Å². The van der Waals surface area contributed by atoms with Gasteiger partial charge in [-0.1, -0.05) is 13.8 Å². The Labute approximate surface area is 215 Å². The predicted molar refractivity (Wildman–Crippen MR) is 145 cm³/mol. The van der Waals surface area contributed by atoms with Gasteiger partial charge in [-0.15, -0.1) is 11.3 Å². The van der Waals surface area contributed by atoms with Gasteiger partial charge in [0.15, 0.2) is 5.78 Å². The number of nitrogens with zero attached hydrogens (tertiary/aromatic N) is 3. The molecule has 1 amide bonds. The molecule has 0 saturated carbocycles. The van der Waals surface area contributed by atoms with E-state index in [0.29, 0.717) is 30.9 Å². The molecule has 188 valence electrons. The topological polar surface area (TPSA) is 88.8 Å². The lowest BCUT2D eigenvalue weighted by Crippen LogP contribution is -2.36. The molecular formula is C28H32N4O3S. The van der Waals surface area contributed by atoms with Crippen LogP contribution in [-0.4, -0.2) is 62.0 Å². The molecule has 0 unspecified atom stereocenters. The predicted octanol–water partition coefficient (Wildman–Crippen LogP) is 4.75. The zero-order chi connectivity index (χ0) is 25.6. The van der Waals surface area contributed by atoms with Crippen LogP contribution in [0.5, 0.6) is 0 Å². The van der Waals surface area contributed by atoms with Crippen molar-refractivity contribution in [1.82, 2.24) is 9.88 Å². The fraction of sp³-hybridized carbons (Fsp3) is 0.393. The number of thiophene rings is 1. The molecule has 2 aliphatic rings. The Morgan fingerprint density at radius 2 is 1.86 bits per heavy atom. The first-order chi connectivity index (χ1) is 17.1. The van der Waals surface area contributed by atoms with Crippen molar-refractivity contribution in [3.05, 3.63) is 52.5 Å². The summed E-state index contributed by atoms with van der Waals surface area (Å²) in [6, 6.07) is 9.44. The number of nitrogen functional groups attached to an aromatic ring is 1. The van der Waals surface area contributed by atoms with E-state index in [4.69, 9.17) is 10.5 Å². The van der Waals surface area contributed by atoms with E-state index in [-0.39, 0.29) is 17.1 Å². The van der Waals surface area contributed by atoms with Gasteiger partial charge in [0.05, 0.1) is 28.8 Å². The van der Waals surface area contributed by atoms with Crippen LogP contribution >= 0.6 is 11.3 Å². The summed E-state index contributed by atoms with van der Waals surface area (Å²) in [6.45, 7) is 7.28. The number of hydrogen-bond donors (Lipinski definition) is 1. The van der Waals surface area contributed by atoms with E-state index in [9.17, 15) is 9.59 Å². The Bertz CT molecular complexity index is 1340. The second kappa shape index (κ2) is 9.33. The van der Waals surface area contributed by atoms with Crippen LogP contribution in [0.15, 0.2) is 36.5 Å². The number of ketones is 1. The molecule has 3 heterocycles. The third-order valence-electron chi connectivity index (χ3n) is 6.79. The van der Waals surface area contributed by atoms with Gasteiger partial charge in [-0.05, 0) is 53.3 Å². The van der Waals surface area contributed by atoms with Gasteiger partial charge in [0.25, 0.3) is 5.91 Å². The average Bonchev–Trinajstić information content (AvgIpc) is 3.22. The van der Waals surface area contributed by atoms with Gasteiger partial charge in [-0.25, -0.2) is 0 Å². The number of aromatic nitrogens is 1. The normalized spacial score (nSPS) is 17.1. The number of anilines is 2. The molecule has 1 aliphatic carbocycles. The summed E-state index contributed by atoms with van der Waals surface area (Å²) in [7, 11) is 3.44. The van der Waals surface area contributed by atoms with E-state index in [1.807, 2.05) is 18.2 Å². The highest BCUT2D eigenvalue weighted by atomic mass is 32.1. The number of nitrogens with two attached hydrogens (primary N) is 1. The van der Waals surface area contributed by atoms with Crippen LogP contribution < -0.4 is 10.6 Å². The maximum absolute atomic E-state index is 13.2. The number of benzene rings is 1. The fourth-order valence-electron chi connectivity index (χ4n) is 5.11. The van der Waals surface area contributed by atoms with Crippen LogP contribution in [0.25, 0.3) is 22.4 Å². The summed E-state index contributed by atoms with van der Waals surface area (Å²) in [5.74, 6) is 0.117. The summed E-state index contributed by atoms with van der Waals surface area (Å²) in [6.07, 6.45) is 3.21. The van der Waals surface area contributed by atoms with Gasteiger partial charge in [0.1, 0.15) is 0 Å². The quantitative estimate of drug-likeness (QED) is 0.516. The molecule has 0 spiro atoms. The number of ether oxygens (including phenoxy) is 1. The molecule has 36 heavy (non-hydrogen) atoms. The van der Waals surface area contributed by atoms with E-state index in [2.05, 4.69) is 29.8 Å². The number of Topliss-reactive ketones (excluding diaryl/α,β-unsaturated/α-hetero) is 1. The molecular weight excluding hydrogens is 472 g/mol. The maximum Gasteiger partial charge on any atom is 0.253 e. The molecule has 8 heteroatoms. The summed E-state index contributed by atoms with van der Waals surface area (Å²) < 4.78 is 5.60. The molecule has 1 fully saturated rings. The molecule has 0 radical (unpaired) electrons. The lowest BCUT2D eigenvalue weighted by atomic mass is 9.75. The summed E-state index contributed by atoms with van der Waals surface area (Å²) in [5, 5.41) is 1.13. The number of carbonyl (C=O) groups is 2. The second-order valence-electron chi connectivity index (χ2n) is 10.6. The molecule has 2 aromatic heterocycles. The van der Waals surface area contributed by atoms with Crippen LogP contribution in [0.2, 0.25) is 0 Å². The number of rotatable bonds is 4. The highest BCUT2D eigenvalue weighted by Gasteiger charge is 2.37. The van der Waals surface area contributed by atoms with Crippen molar-refractivity contribution in [3.8, 4) is 22.4 Å². The Kier molecular flexibility index (Phi) is 6.34.